The number of likely N-dealkylation sites (tertiary alicyclic amines) is 1. The van der Waals surface area contributed by atoms with Gasteiger partial charge in [0, 0.05) is 18.0 Å². The van der Waals surface area contributed by atoms with E-state index in [1.165, 1.54) is 0 Å². The van der Waals surface area contributed by atoms with Crippen LogP contribution >= 0.6 is 11.3 Å². The fraction of sp³-hybridized carbons (Fsp3) is 0.375. The molecule has 23 heavy (non-hydrogen) atoms. The van der Waals surface area contributed by atoms with Crippen molar-refractivity contribution in [1.29, 1.82) is 0 Å². The Labute approximate surface area is 140 Å². The lowest BCUT2D eigenvalue weighted by atomic mass is 9.97. The monoisotopic (exact) mass is 349 g/mol. The molecular formula is C16H19N3O2S2. The van der Waals surface area contributed by atoms with Crippen molar-refractivity contribution >= 4 is 27.0 Å². The van der Waals surface area contributed by atoms with Gasteiger partial charge in [0.25, 0.3) is 0 Å². The SMILES string of the molecule is CN1CCC2(CC1)Nc1ccc(-c3cccs3)cc1S(=O)(=O)N2. The Kier molecular flexibility index (Phi) is 3.49. The number of rotatable bonds is 1. The van der Waals surface area contributed by atoms with Crippen LogP contribution in [0.15, 0.2) is 40.6 Å². The van der Waals surface area contributed by atoms with E-state index in [9.17, 15) is 8.42 Å². The first-order chi connectivity index (χ1) is 11.0. The number of hydrogen-bond acceptors (Lipinski definition) is 5. The molecule has 2 N–H and O–H groups in total. The Hall–Kier alpha value is -1.41. The van der Waals surface area contributed by atoms with Gasteiger partial charge in [-0.1, -0.05) is 12.1 Å². The molecule has 7 heteroatoms. The summed E-state index contributed by atoms with van der Waals surface area (Å²) < 4.78 is 28.5. The number of nitrogens with zero attached hydrogens (tertiary/aromatic N) is 1. The van der Waals surface area contributed by atoms with Gasteiger partial charge in [-0.25, -0.2) is 8.42 Å². The molecule has 1 spiro atoms. The summed E-state index contributed by atoms with van der Waals surface area (Å²) in [6.45, 7) is 1.75. The molecular weight excluding hydrogens is 330 g/mol. The molecule has 0 amide bonds. The van der Waals surface area contributed by atoms with Crippen LogP contribution in [0.3, 0.4) is 0 Å². The van der Waals surface area contributed by atoms with Gasteiger partial charge in [0.2, 0.25) is 10.0 Å². The average Bonchev–Trinajstić information content (AvgIpc) is 3.04. The highest BCUT2D eigenvalue weighted by molar-refractivity contribution is 7.89. The van der Waals surface area contributed by atoms with Crippen LogP contribution in [0.2, 0.25) is 0 Å². The zero-order valence-electron chi connectivity index (χ0n) is 12.9. The van der Waals surface area contributed by atoms with Crippen molar-refractivity contribution in [3.63, 3.8) is 0 Å². The van der Waals surface area contributed by atoms with E-state index in [1.54, 1.807) is 17.4 Å². The van der Waals surface area contributed by atoms with Crippen molar-refractivity contribution in [1.82, 2.24) is 9.62 Å². The molecule has 3 heterocycles. The van der Waals surface area contributed by atoms with E-state index >= 15 is 0 Å². The highest BCUT2D eigenvalue weighted by Crippen LogP contribution is 2.37. The molecule has 5 nitrogen and oxygen atoms in total. The first kappa shape index (κ1) is 15.1. The molecule has 1 aromatic carbocycles. The van der Waals surface area contributed by atoms with Gasteiger partial charge in [0.05, 0.1) is 5.69 Å². The average molecular weight is 349 g/mol. The highest BCUT2D eigenvalue weighted by Gasteiger charge is 2.42. The van der Waals surface area contributed by atoms with E-state index in [0.29, 0.717) is 10.6 Å². The standard InChI is InChI=1S/C16H19N3O2S2/c1-19-8-6-16(7-9-19)17-13-5-4-12(14-3-2-10-22-14)11-15(13)23(20,21)18-16/h2-5,10-11,17-18H,6-9H2,1H3. The van der Waals surface area contributed by atoms with Gasteiger partial charge in [-0.2, -0.15) is 4.72 Å². The van der Waals surface area contributed by atoms with E-state index in [2.05, 4.69) is 22.0 Å². The Morgan fingerprint density at radius 2 is 2.00 bits per heavy atom. The normalized spacial score (nSPS) is 22.5. The topological polar surface area (TPSA) is 61.4 Å². The van der Waals surface area contributed by atoms with Gasteiger partial charge in [-0.3, -0.25) is 0 Å². The quantitative estimate of drug-likeness (QED) is 0.831. The maximum Gasteiger partial charge on any atom is 0.244 e. The summed E-state index contributed by atoms with van der Waals surface area (Å²) in [5.41, 5.74) is 1.09. The van der Waals surface area contributed by atoms with Crippen LogP contribution in [0.1, 0.15) is 12.8 Å². The van der Waals surface area contributed by atoms with Crippen molar-refractivity contribution in [3.8, 4) is 10.4 Å². The molecule has 0 atom stereocenters. The fourth-order valence-corrected chi connectivity index (χ4v) is 5.56. The third-order valence-corrected chi connectivity index (χ3v) is 7.12. The van der Waals surface area contributed by atoms with Crippen LogP contribution in [-0.4, -0.2) is 39.1 Å². The van der Waals surface area contributed by atoms with Crippen LogP contribution in [0, 0.1) is 0 Å². The molecule has 2 aromatic rings. The van der Waals surface area contributed by atoms with Crippen molar-refractivity contribution in [2.75, 3.05) is 25.5 Å². The number of nitrogens with one attached hydrogen (secondary N) is 2. The first-order valence-corrected chi connectivity index (χ1v) is 10.0. The van der Waals surface area contributed by atoms with E-state index in [4.69, 9.17) is 0 Å². The fourth-order valence-electron chi connectivity index (χ4n) is 3.27. The molecule has 0 unspecified atom stereocenters. The zero-order chi connectivity index (χ0) is 16.1. The third-order valence-electron chi connectivity index (χ3n) is 4.62. The van der Waals surface area contributed by atoms with E-state index in [0.717, 1.165) is 36.4 Å². The van der Waals surface area contributed by atoms with E-state index < -0.39 is 15.7 Å². The number of sulfonamides is 1. The maximum absolute atomic E-state index is 12.8. The molecule has 1 saturated heterocycles. The number of benzene rings is 1. The van der Waals surface area contributed by atoms with Crippen LogP contribution in [0.5, 0.6) is 0 Å². The van der Waals surface area contributed by atoms with Crippen LogP contribution in [-0.2, 0) is 10.0 Å². The summed E-state index contributed by atoms with van der Waals surface area (Å²) in [5, 5.41) is 5.44. The summed E-state index contributed by atoms with van der Waals surface area (Å²) >= 11 is 1.61. The van der Waals surface area contributed by atoms with Crippen LogP contribution in [0.4, 0.5) is 5.69 Å². The summed E-state index contributed by atoms with van der Waals surface area (Å²) in [6.07, 6.45) is 1.52. The summed E-state index contributed by atoms with van der Waals surface area (Å²) in [6, 6.07) is 9.61. The number of hydrogen-bond donors (Lipinski definition) is 2. The molecule has 1 aromatic heterocycles. The minimum absolute atomic E-state index is 0.341. The lowest BCUT2D eigenvalue weighted by Crippen LogP contribution is -2.61. The second kappa shape index (κ2) is 5.31. The Morgan fingerprint density at radius 1 is 1.22 bits per heavy atom. The number of thiophene rings is 1. The molecule has 0 radical (unpaired) electrons. The smallest absolute Gasteiger partial charge is 0.244 e. The molecule has 2 aliphatic heterocycles. The first-order valence-electron chi connectivity index (χ1n) is 7.66. The lowest BCUT2D eigenvalue weighted by Gasteiger charge is -2.45. The summed E-state index contributed by atoms with van der Waals surface area (Å²) in [5.74, 6) is 0. The van der Waals surface area contributed by atoms with Crippen molar-refractivity contribution in [2.24, 2.45) is 0 Å². The molecule has 4 rings (SSSR count). The van der Waals surface area contributed by atoms with Crippen molar-refractivity contribution in [2.45, 2.75) is 23.4 Å². The van der Waals surface area contributed by atoms with Gasteiger partial charge in [0.1, 0.15) is 10.6 Å². The van der Waals surface area contributed by atoms with Gasteiger partial charge < -0.3 is 10.2 Å². The maximum atomic E-state index is 12.8. The molecule has 1 fully saturated rings. The highest BCUT2D eigenvalue weighted by atomic mass is 32.2. The van der Waals surface area contributed by atoms with Crippen LogP contribution in [0.25, 0.3) is 10.4 Å². The number of piperidine rings is 1. The largest absolute Gasteiger partial charge is 0.365 e. The Balaban J connectivity index is 1.74. The molecule has 0 bridgehead atoms. The van der Waals surface area contributed by atoms with Gasteiger partial charge >= 0.3 is 0 Å². The Bertz CT molecular complexity index is 823. The van der Waals surface area contributed by atoms with Crippen molar-refractivity contribution in [3.05, 3.63) is 35.7 Å². The predicted octanol–water partition coefficient (Wildman–Crippen LogP) is 2.54. The molecule has 2 aliphatic rings. The van der Waals surface area contributed by atoms with Gasteiger partial charge in [-0.05, 0) is 49.0 Å². The Morgan fingerprint density at radius 3 is 2.70 bits per heavy atom. The third kappa shape index (κ3) is 2.67. The molecule has 0 saturated carbocycles. The number of anilines is 1. The minimum atomic E-state index is -3.51. The van der Waals surface area contributed by atoms with Gasteiger partial charge in [-0.15, -0.1) is 11.3 Å². The lowest BCUT2D eigenvalue weighted by molar-refractivity contribution is 0.194. The van der Waals surface area contributed by atoms with Gasteiger partial charge in [0.15, 0.2) is 0 Å². The zero-order valence-corrected chi connectivity index (χ0v) is 14.5. The van der Waals surface area contributed by atoms with E-state index in [-0.39, 0.29) is 0 Å². The number of fused-ring (bicyclic) bond motifs is 1. The second-order valence-electron chi connectivity index (χ2n) is 6.30. The second-order valence-corrected chi connectivity index (χ2v) is 8.90. The summed E-state index contributed by atoms with van der Waals surface area (Å²) in [4.78, 5) is 3.63. The molecule has 0 aliphatic carbocycles. The summed E-state index contributed by atoms with van der Waals surface area (Å²) in [7, 11) is -1.45. The minimum Gasteiger partial charge on any atom is -0.365 e. The van der Waals surface area contributed by atoms with Crippen LogP contribution < -0.4 is 10.0 Å². The molecule has 122 valence electrons. The predicted molar refractivity (Wildman–Crippen MR) is 93.2 cm³/mol. The van der Waals surface area contributed by atoms with Crippen molar-refractivity contribution < 1.29 is 8.42 Å². The van der Waals surface area contributed by atoms with E-state index in [1.807, 2.05) is 29.6 Å².